The van der Waals surface area contributed by atoms with Crippen molar-refractivity contribution < 1.29 is 9.47 Å². The van der Waals surface area contributed by atoms with E-state index in [-0.39, 0.29) is 0 Å². The Kier molecular flexibility index (Phi) is 16.0. The van der Waals surface area contributed by atoms with Crippen LogP contribution in [0.4, 0.5) is 0 Å². The van der Waals surface area contributed by atoms with Crippen LogP contribution in [0.15, 0.2) is 24.3 Å². The van der Waals surface area contributed by atoms with Crippen LogP contribution >= 0.6 is 12.6 Å². The molecule has 0 N–H and O–H groups in total. The molecule has 0 unspecified atom stereocenters. The number of unbranched alkanes of at least 4 members (excludes halogenated alkanes) is 8. The number of hydrogen-bond acceptors (Lipinski definition) is 3. The molecule has 0 aromatic carbocycles. The smallest absolute Gasteiger partial charge is 0.0830 e. The summed E-state index contributed by atoms with van der Waals surface area (Å²) in [5.74, 6) is 1.01. The molecule has 1 rings (SSSR count). The second-order valence-electron chi connectivity index (χ2n) is 6.66. The third kappa shape index (κ3) is 14.1. The molecule has 0 aliphatic carbocycles. The topological polar surface area (TPSA) is 18.5 Å². The molecule has 1 fully saturated rings. The summed E-state index contributed by atoms with van der Waals surface area (Å²) in [7, 11) is 0. The fourth-order valence-corrected chi connectivity index (χ4v) is 3.07. The summed E-state index contributed by atoms with van der Waals surface area (Å²) in [6.45, 7) is 2.60. The average Bonchev–Trinajstić information content (AvgIpc) is 3.11. The summed E-state index contributed by atoms with van der Waals surface area (Å²) in [4.78, 5) is 0. The Morgan fingerprint density at radius 1 is 0.833 bits per heavy atom. The fourth-order valence-electron chi connectivity index (χ4n) is 2.85. The van der Waals surface area contributed by atoms with Crippen LogP contribution in [0.5, 0.6) is 0 Å². The minimum atomic E-state index is 0.375. The van der Waals surface area contributed by atoms with Gasteiger partial charge >= 0.3 is 0 Å². The summed E-state index contributed by atoms with van der Waals surface area (Å²) >= 11 is 4.22. The molecule has 0 bridgehead atoms. The Balaban J connectivity index is 1.73. The SMILES string of the molecule is SCCCC/C=C\C/C=C\CCCCCCCCO[C@@H]1CCOC1. The maximum atomic E-state index is 5.78. The Hall–Kier alpha value is -0.250. The van der Waals surface area contributed by atoms with Crippen LogP contribution in [0.2, 0.25) is 0 Å². The average molecular weight is 355 g/mol. The predicted octanol–water partition coefficient (Wildman–Crippen LogP) is 6.13. The van der Waals surface area contributed by atoms with Gasteiger partial charge in [-0.1, -0.05) is 50.0 Å². The standard InChI is InChI=1S/C21H38O2S/c24-19-15-13-11-9-7-5-3-1-2-4-6-8-10-12-14-17-23-21-16-18-22-20-21/h1,3,7,9,21,24H,2,4-6,8,10-20H2/b3-1-,9-7-/t21-/m1/s1. The molecule has 0 radical (unpaired) electrons. The lowest BCUT2D eigenvalue weighted by Gasteiger charge is -2.09. The molecule has 1 heterocycles. The van der Waals surface area contributed by atoms with Gasteiger partial charge in [0.15, 0.2) is 0 Å². The van der Waals surface area contributed by atoms with Crippen LogP contribution in [-0.2, 0) is 9.47 Å². The number of allylic oxidation sites excluding steroid dienone is 4. The van der Waals surface area contributed by atoms with Crippen LogP contribution in [0.1, 0.15) is 77.0 Å². The van der Waals surface area contributed by atoms with Gasteiger partial charge in [-0.3, -0.25) is 0 Å². The van der Waals surface area contributed by atoms with Crippen molar-refractivity contribution in [3.05, 3.63) is 24.3 Å². The molecular weight excluding hydrogens is 316 g/mol. The van der Waals surface area contributed by atoms with Crippen molar-refractivity contribution in [2.45, 2.75) is 83.2 Å². The van der Waals surface area contributed by atoms with Crippen molar-refractivity contribution in [3.63, 3.8) is 0 Å². The largest absolute Gasteiger partial charge is 0.379 e. The second-order valence-corrected chi connectivity index (χ2v) is 7.11. The van der Waals surface area contributed by atoms with E-state index in [2.05, 4.69) is 36.9 Å². The van der Waals surface area contributed by atoms with Gasteiger partial charge in [-0.15, -0.1) is 0 Å². The molecule has 0 aromatic rings. The van der Waals surface area contributed by atoms with Crippen molar-refractivity contribution in [2.75, 3.05) is 25.6 Å². The van der Waals surface area contributed by atoms with E-state index in [1.54, 1.807) is 0 Å². The molecule has 1 atom stereocenters. The third-order valence-corrected chi connectivity index (χ3v) is 4.71. The van der Waals surface area contributed by atoms with Crippen molar-refractivity contribution in [2.24, 2.45) is 0 Å². The highest BCUT2D eigenvalue weighted by atomic mass is 32.1. The second kappa shape index (κ2) is 17.6. The van der Waals surface area contributed by atoms with Gasteiger partial charge < -0.3 is 9.47 Å². The lowest BCUT2D eigenvalue weighted by molar-refractivity contribution is 0.0405. The molecule has 1 aliphatic heterocycles. The van der Waals surface area contributed by atoms with Gasteiger partial charge in [-0.2, -0.15) is 12.6 Å². The predicted molar refractivity (Wildman–Crippen MR) is 108 cm³/mol. The van der Waals surface area contributed by atoms with Gasteiger partial charge in [0.05, 0.1) is 12.7 Å². The monoisotopic (exact) mass is 354 g/mol. The summed E-state index contributed by atoms with van der Waals surface area (Å²) in [5.41, 5.74) is 0. The number of rotatable bonds is 16. The van der Waals surface area contributed by atoms with E-state index in [0.29, 0.717) is 6.10 Å². The first-order chi connectivity index (χ1) is 11.9. The van der Waals surface area contributed by atoms with E-state index in [0.717, 1.165) is 38.4 Å². The highest BCUT2D eigenvalue weighted by Gasteiger charge is 2.14. The van der Waals surface area contributed by atoms with Gasteiger partial charge in [-0.05, 0) is 57.1 Å². The normalized spacial score (nSPS) is 18.3. The van der Waals surface area contributed by atoms with Gasteiger partial charge in [-0.25, -0.2) is 0 Å². The number of thiol groups is 1. The number of ether oxygens (including phenoxy) is 2. The van der Waals surface area contributed by atoms with Crippen LogP contribution in [-0.4, -0.2) is 31.7 Å². The molecule has 140 valence electrons. The maximum absolute atomic E-state index is 5.78. The molecule has 1 aliphatic rings. The molecule has 2 nitrogen and oxygen atoms in total. The lowest BCUT2D eigenvalue weighted by Crippen LogP contribution is -2.12. The van der Waals surface area contributed by atoms with Gasteiger partial charge in [0.2, 0.25) is 0 Å². The Bertz CT molecular complexity index is 309. The zero-order valence-electron chi connectivity index (χ0n) is 15.5. The Morgan fingerprint density at radius 2 is 1.50 bits per heavy atom. The van der Waals surface area contributed by atoms with Gasteiger partial charge in [0.1, 0.15) is 0 Å². The van der Waals surface area contributed by atoms with E-state index in [1.807, 2.05) is 0 Å². The van der Waals surface area contributed by atoms with E-state index >= 15 is 0 Å². The fraction of sp³-hybridized carbons (Fsp3) is 0.810. The van der Waals surface area contributed by atoms with Crippen molar-refractivity contribution in [1.82, 2.24) is 0 Å². The van der Waals surface area contributed by atoms with Crippen LogP contribution in [0, 0.1) is 0 Å². The third-order valence-electron chi connectivity index (χ3n) is 4.39. The zero-order valence-corrected chi connectivity index (χ0v) is 16.4. The van der Waals surface area contributed by atoms with E-state index < -0.39 is 0 Å². The zero-order chi connectivity index (χ0) is 17.1. The lowest BCUT2D eigenvalue weighted by atomic mass is 10.1. The minimum Gasteiger partial charge on any atom is -0.379 e. The summed E-state index contributed by atoms with van der Waals surface area (Å²) in [5, 5.41) is 0. The van der Waals surface area contributed by atoms with Crippen LogP contribution in [0.25, 0.3) is 0 Å². The highest BCUT2D eigenvalue weighted by molar-refractivity contribution is 7.80. The molecule has 0 saturated carbocycles. The van der Waals surface area contributed by atoms with Crippen LogP contribution < -0.4 is 0 Å². The van der Waals surface area contributed by atoms with E-state index in [4.69, 9.17) is 9.47 Å². The summed E-state index contributed by atoms with van der Waals surface area (Å²) in [6, 6.07) is 0. The van der Waals surface area contributed by atoms with E-state index in [1.165, 1.54) is 64.2 Å². The molecule has 1 saturated heterocycles. The van der Waals surface area contributed by atoms with Gasteiger partial charge in [0.25, 0.3) is 0 Å². The molecule has 3 heteroatoms. The number of hydrogen-bond donors (Lipinski definition) is 1. The molecule has 0 amide bonds. The summed E-state index contributed by atoms with van der Waals surface area (Å²) < 4.78 is 11.1. The first-order valence-electron chi connectivity index (χ1n) is 10.0. The Morgan fingerprint density at radius 3 is 2.17 bits per heavy atom. The maximum Gasteiger partial charge on any atom is 0.0830 e. The van der Waals surface area contributed by atoms with Crippen molar-refractivity contribution in [1.29, 1.82) is 0 Å². The quantitative estimate of drug-likeness (QED) is 0.204. The van der Waals surface area contributed by atoms with Gasteiger partial charge in [0, 0.05) is 13.2 Å². The first-order valence-corrected chi connectivity index (χ1v) is 10.7. The minimum absolute atomic E-state index is 0.375. The molecule has 0 aromatic heterocycles. The first kappa shape index (κ1) is 21.8. The van der Waals surface area contributed by atoms with Crippen molar-refractivity contribution in [3.8, 4) is 0 Å². The van der Waals surface area contributed by atoms with Crippen LogP contribution in [0.3, 0.4) is 0 Å². The Labute approximate surface area is 155 Å². The van der Waals surface area contributed by atoms with E-state index in [9.17, 15) is 0 Å². The molecule has 0 spiro atoms. The highest BCUT2D eigenvalue weighted by Crippen LogP contribution is 2.11. The summed E-state index contributed by atoms with van der Waals surface area (Å²) in [6.07, 6.45) is 24.6. The molecular formula is C21H38O2S. The van der Waals surface area contributed by atoms with Crippen molar-refractivity contribution >= 4 is 12.6 Å². The molecule has 24 heavy (non-hydrogen) atoms.